The van der Waals surface area contributed by atoms with E-state index in [1.165, 1.54) is 30.6 Å². The summed E-state index contributed by atoms with van der Waals surface area (Å²) < 4.78 is 11.4. The van der Waals surface area contributed by atoms with Crippen LogP contribution in [-0.4, -0.2) is 123 Å². The Balaban J connectivity index is 1.11. The molecule has 0 aliphatic carbocycles. The predicted molar refractivity (Wildman–Crippen MR) is 288 cm³/mol. The van der Waals surface area contributed by atoms with Crippen molar-refractivity contribution in [3.63, 3.8) is 0 Å². The third kappa shape index (κ3) is 17.1. The number of unbranched alkanes of at least 4 members (excludes halogenated alkanes) is 8. The number of aryl methyl sites for hydroxylation is 2. The maximum absolute atomic E-state index is 14.7. The first-order chi connectivity index (χ1) is 36.6. The third-order valence-corrected chi connectivity index (χ3v) is 14.4. The van der Waals surface area contributed by atoms with Gasteiger partial charge in [0.25, 0.3) is 5.91 Å². The van der Waals surface area contributed by atoms with Crippen molar-refractivity contribution in [2.75, 3.05) is 13.2 Å². The number of fused-ring (bicyclic) bond motifs is 1. The van der Waals surface area contributed by atoms with Gasteiger partial charge in [-0.15, -0.1) is 0 Å². The normalized spacial score (nSPS) is 20.4. The van der Waals surface area contributed by atoms with Gasteiger partial charge in [0.15, 0.2) is 12.4 Å². The highest BCUT2D eigenvalue weighted by Gasteiger charge is 2.47. The standard InChI is InChI=1S/C59H80N6O11/c1-4-5-6-7-8-9-10-21-30-75-59-52(69)50(67)51(68)53(76-59)57(73)61-29-20-19-28-47(54(70)62-36-41-24-15-12-16-25-41)63-55(71)48(33-40-22-13-11-14-23-40)64-56(72)49-34-42-26-17-18-27-43(42)37-65(49)58(74)46(60)35-45-38(2)31-44(66)32-39(45)3/h11-18,22-27,31-32,46-53,59,66-69H,4-10,19-21,28-30,33-37,60H2,1-3H3,(H,61,73)(H,62,70)(H,63,71)(H,64,72)/t46-,47+,48-,49-,50-,51-,52+,53-,59+/m0/s1. The summed E-state index contributed by atoms with van der Waals surface area (Å²) in [5.74, 6) is -2.71. The number of carbonyl (C=O) groups is 5. The fourth-order valence-electron chi connectivity index (χ4n) is 10.0. The lowest BCUT2D eigenvalue weighted by Gasteiger charge is -2.39. The Morgan fingerprint density at radius 3 is 1.97 bits per heavy atom. The van der Waals surface area contributed by atoms with Crippen LogP contribution >= 0.6 is 0 Å². The molecule has 0 radical (unpaired) electrons. The number of phenolic OH excluding ortho intramolecular Hbond substituents is 1. The van der Waals surface area contributed by atoms with E-state index in [9.17, 15) is 44.4 Å². The van der Waals surface area contributed by atoms with E-state index in [-0.39, 0.29) is 57.7 Å². The first-order valence-corrected chi connectivity index (χ1v) is 27.1. The van der Waals surface area contributed by atoms with Crippen LogP contribution in [0.15, 0.2) is 97.1 Å². The fourth-order valence-corrected chi connectivity index (χ4v) is 10.0. The summed E-state index contributed by atoms with van der Waals surface area (Å²) in [6.07, 6.45) is 2.04. The quantitative estimate of drug-likeness (QED) is 0.0354. The zero-order chi connectivity index (χ0) is 54.6. The van der Waals surface area contributed by atoms with Gasteiger partial charge in [0, 0.05) is 39.1 Å². The minimum atomic E-state index is -1.71. The SMILES string of the molecule is CCCCCCCCCCO[C@@H]1O[C@H](C(=O)NCCCC[C@@H](NC(=O)[C@H](Cc2ccccc2)NC(=O)[C@@H]2Cc3ccccc3CN2C(=O)[C@@H](N)Cc2c(C)cc(O)cc2C)C(=O)NCc2ccccc2)[C@@H](O)[C@H](O)[C@H]1O. The van der Waals surface area contributed by atoms with Gasteiger partial charge in [-0.1, -0.05) is 137 Å². The number of carbonyl (C=O) groups excluding carboxylic acids is 5. The van der Waals surface area contributed by atoms with Crippen LogP contribution in [0.3, 0.4) is 0 Å². The van der Waals surface area contributed by atoms with E-state index < -0.39 is 84.4 Å². The zero-order valence-corrected chi connectivity index (χ0v) is 44.3. The summed E-state index contributed by atoms with van der Waals surface area (Å²) in [6, 6.07) is 24.9. The average Bonchev–Trinajstić information content (AvgIpc) is 3.42. The maximum Gasteiger partial charge on any atom is 0.252 e. The number of nitrogens with zero attached hydrogens (tertiary/aromatic N) is 1. The number of nitrogens with two attached hydrogens (primary N) is 1. The zero-order valence-electron chi connectivity index (χ0n) is 44.3. The molecule has 1 fully saturated rings. The van der Waals surface area contributed by atoms with Gasteiger partial charge in [-0.2, -0.15) is 0 Å². The van der Waals surface area contributed by atoms with Gasteiger partial charge in [-0.25, -0.2) is 0 Å². The van der Waals surface area contributed by atoms with Crippen molar-refractivity contribution in [1.82, 2.24) is 26.2 Å². The molecule has 10 N–H and O–H groups in total. The molecular formula is C59H80N6O11. The van der Waals surface area contributed by atoms with Crippen LogP contribution in [0.25, 0.3) is 0 Å². The fraction of sp³-hybridized carbons (Fsp3) is 0.508. The van der Waals surface area contributed by atoms with E-state index in [4.69, 9.17) is 15.2 Å². The van der Waals surface area contributed by atoms with Gasteiger partial charge in [-0.05, 0) is 97.0 Å². The topological polar surface area (TPSA) is 262 Å². The maximum atomic E-state index is 14.7. The molecule has 412 valence electrons. The smallest absolute Gasteiger partial charge is 0.252 e. The number of aliphatic hydroxyl groups excluding tert-OH is 3. The summed E-state index contributed by atoms with van der Waals surface area (Å²) in [5.41, 5.74) is 12.4. The molecule has 0 aromatic heterocycles. The Hall–Kier alpha value is -6.21. The predicted octanol–water partition coefficient (Wildman–Crippen LogP) is 4.61. The van der Waals surface area contributed by atoms with Gasteiger partial charge in [0.05, 0.1) is 6.04 Å². The minimum Gasteiger partial charge on any atom is -0.508 e. The highest BCUT2D eigenvalue weighted by molar-refractivity contribution is 5.95. The highest BCUT2D eigenvalue weighted by atomic mass is 16.7. The summed E-state index contributed by atoms with van der Waals surface area (Å²) >= 11 is 0. The van der Waals surface area contributed by atoms with Crippen LogP contribution in [0, 0.1) is 13.8 Å². The van der Waals surface area contributed by atoms with Crippen LogP contribution in [0.5, 0.6) is 5.75 Å². The number of hydrogen-bond acceptors (Lipinski definition) is 12. The second kappa shape index (κ2) is 29.9. The third-order valence-electron chi connectivity index (χ3n) is 14.4. The highest BCUT2D eigenvalue weighted by Crippen LogP contribution is 2.28. The second-order valence-corrected chi connectivity index (χ2v) is 20.4. The van der Waals surface area contributed by atoms with Gasteiger partial charge in [0.1, 0.15) is 42.2 Å². The summed E-state index contributed by atoms with van der Waals surface area (Å²) in [6.45, 7) is 6.49. The molecule has 2 aliphatic heterocycles. The number of benzene rings is 4. The van der Waals surface area contributed by atoms with Crippen LogP contribution < -0.4 is 27.0 Å². The first-order valence-electron chi connectivity index (χ1n) is 27.1. The van der Waals surface area contributed by atoms with E-state index >= 15 is 0 Å². The van der Waals surface area contributed by atoms with E-state index in [1.807, 2.05) is 98.8 Å². The van der Waals surface area contributed by atoms with E-state index in [0.717, 1.165) is 58.2 Å². The Bertz CT molecular complexity index is 2470. The lowest BCUT2D eigenvalue weighted by atomic mass is 9.91. The average molecular weight is 1050 g/mol. The van der Waals surface area contributed by atoms with Crippen molar-refractivity contribution in [3.8, 4) is 5.75 Å². The Labute approximate surface area is 447 Å². The van der Waals surface area contributed by atoms with Crippen molar-refractivity contribution in [1.29, 1.82) is 0 Å². The molecule has 0 bridgehead atoms. The molecule has 17 heteroatoms. The molecular weight excluding hydrogens is 969 g/mol. The number of rotatable bonds is 28. The monoisotopic (exact) mass is 1050 g/mol. The van der Waals surface area contributed by atoms with Gasteiger partial charge in [0.2, 0.25) is 23.6 Å². The van der Waals surface area contributed by atoms with Crippen molar-refractivity contribution < 1.29 is 53.9 Å². The van der Waals surface area contributed by atoms with Crippen LogP contribution in [0.4, 0.5) is 0 Å². The largest absolute Gasteiger partial charge is 0.508 e. The summed E-state index contributed by atoms with van der Waals surface area (Å²) in [7, 11) is 0. The molecule has 1 saturated heterocycles. The Morgan fingerprint density at radius 2 is 1.30 bits per heavy atom. The first kappa shape index (κ1) is 59.0. The van der Waals surface area contributed by atoms with Gasteiger partial charge < -0.3 is 61.8 Å². The van der Waals surface area contributed by atoms with Crippen molar-refractivity contribution in [2.24, 2.45) is 5.73 Å². The van der Waals surface area contributed by atoms with Crippen LogP contribution in [-0.2, 0) is 65.8 Å². The molecule has 0 saturated carbocycles. The van der Waals surface area contributed by atoms with Crippen molar-refractivity contribution in [2.45, 2.75) is 179 Å². The molecule has 9 atom stereocenters. The second-order valence-electron chi connectivity index (χ2n) is 20.4. The molecule has 76 heavy (non-hydrogen) atoms. The van der Waals surface area contributed by atoms with E-state index in [1.54, 1.807) is 12.1 Å². The number of aromatic hydroxyl groups is 1. The van der Waals surface area contributed by atoms with Gasteiger partial charge in [-0.3, -0.25) is 24.0 Å². The molecule has 5 amide bonds. The molecule has 17 nitrogen and oxygen atoms in total. The molecule has 6 rings (SSSR count). The van der Waals surface area contributed by atoms with Crippen LogP contribution in [0.1, 0.15) is 116 Å². The Morgan fingerprint density at radius 1 is 0.684 bits per heavy atom. The summed E-state index contributed by atoms with van der Waals surface area (Å²) in [5, 5.41) is 53.6. The molecule has 0 spiro atoms. The number of nitrogens with one attached hydrogen (secondary N) is 4. The van der Waals surface area contributed by atoms with Gasteiger partial charge >= 0.3 is 0 Å². The number of phenols is 1. The molecule has 4 aromatic rings. The minimum absolute atomic E-state index is 0.0604. The molecule has 2 heterocycles. The number of amides is 5. The lowest BCUT2D eigenvalue weighted by Crippen LogP contribution is -2.62. The molecule has 2 aliphatic rings. The Kier molecular flexibility index (Phi) is 23.2. The number of aliphatic hydroxyl groups is 3. The lowest BCUT2D eigenvalue weighted by molar-refractivity contribution is -0.290. The molecule has 0 unspecified atom stereocenters. The number of hydrogen-bond donors (Lipinski definition) is 9. The van der Waals surface area contributed by atoms with E-state index in [0.29, 0.717) is 19.3 Å². The van der Waals surface area contributed by atoms with Crippen molar-refractivity contribution in [3.05, 3.63) is 136 Å². The van der Waals surface area contributed by atoms with Crippen LogP contribution in [0.2, 0.25) is 0 Å². The van der Waals surface area contributed by atoms with Crippen molar-refractivity contribution >= 4 is 29.5 Å². The molecule has 4 aromatic carbocycles. The summed E-state index contributed by atoms with van der Waals surface area (Å²) in [4.78, 5) is 72.6. The van der Waals surface area contributed by atoms with E-state index in [2.05, 4.69) is 28.2 Å². The number of ether oxygens (including phenoxy) is 2.